The summed E-state index contributed by atoms with van der Waals surface area (Å²) in [5.74, 6) is 0.618. The second kappa shape index (κ2) is 5.96. The van der Waals surface area contributed by atoms with Crippen molar-refractivity contribution < 1.29 is 9.84 Å². The van der Waals surface area contributed by atoms with Gasteiger partial charge in [0.05, 0.1) is 18.4 Å². The van der Waals surface area contributed by atoms with Gasteiger partial charge < -0.3 is 9.84 Å². The van der Waals surface area contributed by atoms with Gasteiger partial charge in [-0.25, -0.2) is 4.68 Å². The fourth-order valence-corrected chi connectivity index (χ4v) is 1.57. The van der Waals surface area contributed by atoms with Gasteiger partial charge in [-0.1, -0.05) is 19.1 Å². The molecule has 0 saturated heterocycles. The van der Waals surface area contributed by atoms with Crippen molar-refractivity contribution in [1.82, 2.24) is 15.0 Å². The van der Waals surface area contributed by atoms with Gasteiger partial charge in [0, 0.05) is 13.7 Å². The first-order chi connectivity index (χ1) is 7.60. The molecule has 16 heavy (non-hydrogen) atoms. The lowest BCUT2D eigenvalue weighted by Gasteiger charge is -2.13. The minimum atomic E-state index is -0.0932. The topological polar surface area (TPSA) is 60.2 Å². The maximum Gasteiger partial charge on any atom is 0.114 e. The highest BCUT2D eigenvalue weighted by molar-refractivity contribution is 5.12. The van der Waals surface area contributed by atoms with E-state index < -0.39 is 0 Å². The molecule has 0 spiro atoms. The average molecular weight is 227 g/mol. The number of aromatic nitrogens is 3. The minimum Gasteiger partial charge on any atom is -0.390 e. The van der Waals surface area contributed by atoms with E-state index in [0.717, 1.165) is 18.7 Å². The molecule has 0 radical (unpaired) electrons. The molecular weight excluding hydrogens is 206 g/mol. The van der Waals surface area contributed by atoms with Crippen molar-refractivity contribution in [3.63, 3.8) is 0 Å². The largest absolute Gasteiger partial charge is 0.390 e. The number of hydrogen-bond donors (Lipinski definition) is 1. The van der Waals surface area contributed by atoms with Crippen molar-refractivity contribution in [2.24, 2.45) is 5.92 Å². The summed E-state index contributed by atoms with van der Waals surface area (Å²) in [7, 11) is 1.64. The molecular formula is C11H21N3O2. The van der Waals surface area contributed by atoms with Crippen LogP contribution in [0.1, 0.15) is 44.7 Å². The van der Waals surface area contributed by atoms with Crippen LogP contribution in [0.15, 0.2) is 0 Å². The van der Waals surface area contributed by atoms with Crippen LogP contribution >= 0.6 is 0 Å². The van der Waals surface area contributed by atoms with Gasteiger partial charge in [-0.2, -0.15) is 0 Å². The molecule has 5 heteroatoms. The van der Waals surface area contributed by atoms with Gasteiger partial charge in [0.15, 0.2) is 0 Å². The van der Waals surface area contributed by atoms with Crippen LogP contribution in [0.2, 0.25) is 0 Å². The summed E-state index contributed by atoms with van der Waals surface area (Å²) in [5, 5.41) is 17.2. The first kappa shape index (κ1) is 13.1. The predicted molar refractivity (Wildman–Crippen MR) is 60.8 cm³/mol. The number of aliphatic hydroxyl groups excluding tert-OH is 1. The van der Waals surface area contributed by atoms with E-state index in [9.17, 15) is 5.11 Å². The third kappa shape index (κ3) is 3.02. The summed E-state index contributed by atoms with van der Waals surface area (Å²) in [6.45, 7) is 6.99. The van der Waals surface area contributed by atoms with Gasteiger partial charge >= 0.3 is 0 Å². The summed E-state index contributed by atoms with van der Waals surface area (Å²) in [6.07, 6.45) is 0.946. The third-order valence-electron chi connectivity index (χ3n) is 2.65. The molecule has 1 rings (SSSR count). The molecule has 1 N–H and O–H groups in total. The molecule has 5 nitrogen and oxygen atoms in total. The lowest BCUT2D eigenvalue weighted by atomic mass is 10.1. The molecule has 0 fully saturated rings. The molecule has 1 unspecified atom stereocenters. The Morgan fingerprint density at radius 2 is 2.06 bits per heavy atom. The minimum absolute atomic E-state index is 0.0925. The molecule has 1 aromatic rings. The summed E-state index contributed by atoms with van der Waals surface area (Å²) in [4.78, 5) is 0. The summed E-state index contributed by atoms with van der Waals surface area (Å²) in [5.41, 5.74) is 1.49. The van der Waals surface area contributed by atoms with Gasteiger partial charge in [0.2, 0.25) is 0 Å². The number of aliphatic hydroxyl groups is 1. The maximum absolute atomic E-state index is 9.18. The van der Waals surface area contributed by atoms with Gasteiger partial charge in [-0.3, -0.25) is 0 Å². The van der Waals surface area contributed by atoms with Gasteiger partial charge in [0.1, 0.15) is 5.69 Å². The van der Waals surface area contributed by atoms with Crippen molar-refractivity contribution in [2.45, 2.75) is 46.4 Å². The van der Waals surface area contributed by atoms with Gasteiger partial charge in [-0.05, 0) is 19.3 Å². The highest BCUT2D eigenvalue weighted by Gasteiger charge is 2.18. The van der Waals surface area contributed by atoms with Crippen molar-refractivity contribution in [3.05, 3.63) is 11.4 Å². The van der Waals surface area contributed by atoms with E-state index in [1.807, 2.05) is 11.6 Å². The van der Waals surface area contributed by atoms with E-state index in [0.29, 0.717) is 11.6 Å². The number of hydrogen-bond acceptors (Lipinski definition) is 4. The zero-order valence-corrected chi connectivity index (χ0v) is 10.5. The molecule has 0 amide bonds. The van der Waals surface area contributed by atoms with E-state index in [1.165, 1.54) is 0 Å². The lowest BCUT2D eigenvalue weighted by Crippen LogP contribution is -2.12. The van der Waals surface area contributed by atoms with E-state index in [2.05, 4.69) is 24.2 Å². The molecule has 0 aliphatic rings. The molecule has 92 valence electrons. The number of ether oxygens (including phenoxy) is 1. The van der Waals surface area contributed by atoms with Crippen molar-refractivity contribution in [2.75, 3.05) is 7.11 Å². The zero-order chi connectivity index (χ0) is 12.1. The van der Waals surface area contributed by atoms with Crippen LogP contribution in [0.5, 0.6) is 0 Å². The molecule has 0 aliphatic carbocycles. The normalized spacial score (nSPS) is 13.4. The number of methoxy groups -OCH3 is 1. The smallest absolute Gasteiger partial charge is 0.114 e. The molecule has 0 aliphatic heterocycles. The highest BCUT2D eigenvalue weighted by Crippen LogP contribution is 2.19. The summed E-state index contributed by atoms with van der Waals surface area (Å²) < 4.78 is 7.11. The van der Waals surface area contributed by atoms with Crippen molar-refractivity contribution in [1.29, 1.82) is 0 Å². The van der Waals surface area contributed by atoms with Crippen LogP contribution < -0.4 is 0 Å². The Morgan fingerprint density at radius 1 is 1.38 bits per heavy atom. The van der Waals surface area contributed by atoms with Gasteiger partial charge in [0.25, 0.3) is 0 Å². The standard InChI is InChI=1S/C11H21N3O2/c1-8(2)5-6-14-11(9(3)16-4)10(7-15)12-13-14/h8-9,15H,5-7H2,1-4H3. The average Bonchev–Trinajstić information content (AvgIpc) is 2.68. The molecule has 1 aromatic heterocycles. The SMILES string of the molecule is COC(C)c1c(CO)nnn1CCC(C)C. The number of nitrogens with zero attached hydrogens (tertiary/aromatic N) is 3. The first-order valence-corrected chi connectivity index (χ1v) is 5.66. The third-order valence-corrected chi connectivity index (χ3v) is 2.65. The van der Waals surface area contributed by atoms with Crippen LogP contribution in [0.3, 0.4) is 0 Å². The Bertz CT molecular complexity index is 323. The molecule has 1 heterocycles. The summed E-state index contributed by atoms with van der Waals surface area (Å²) >= 11 is 0. The molecule has 0 bridgehead atoms. The number of rotatable bonds is 6. The number of aryl methyl sites for hydroxylation is 1. The van der Waals surface area contributed by atoms with E-state index in [4.69, 9.17) is 4.74 Å². The molecule has 0 aromatic carbocycles. The van der Waals surface area contributed by atoms with Crippen molar-refractivity contribution >= 4 is 0 Å². The molecule has 0 saturated carbocycles. The van der Waals surface area contributed by atoms with Crippen LogP contribution in [0.4, 0.5) is 0 Å². The maximum atomic E-state index is 9.18. The Balaban J connectivity index is 2.86. The summed E-state index contributed by atoms with van der Waals surface area (Å²) in [6, 6.07) is 0. The van der Waals surface area contributed by atoms with E-state index in [1.54, 1.807) is 7.11 Å². The Morgan fingerprint density at radius 3 is 2.56 bits per heavy atom. The Hall–Kier alpha value is -0.940. The quantitative estimate of drug-likeness (QED) is 0.800. The fourth-order valence-electron chi connectivity index (χ4n) is 1.57. The Kier molecular flexibility index (Phi) is 4.89. The molecule has 1 atom stereocenters. The van der Waals surface area contributed by atoms with Crippen LogP contribution in [-0.4, -0.2) is 27.2 Å². The van der Waals surface area contributed by atoms with Gasteiger partial charge in [-0.15, -0.1) is 5.10 Å². The highest BCUT2D eigenvalue weighted by atomic mass is 16.5. The second-order valence-corrected chi connectivity index (χ2v) is 4.36. The predicted octanol–water partition coefficient (Wildman–Crippen LogP) is 1.52. The first-order valence-electron chi connectivity index (χ1n) is 5.66. The second-order valence-electron chi connectivity index (χ2n) is 4.36. The lowest BCUT2D eigenvalue weighted by molar-refractivity contribution is 0.108. The van der Waals surface area contributed by atoms with Crippen LogP contribution in [0.25, 0.3) is 0 Å². The van der Waals surface area contributed by atoms with Crippen molar-refractivity contribution in [3.8, 4) is 0 Å². The van der Waals surface area contributed by atoms with Crippen LogP contribution in [0, 0.1) is 5.92 Å². The van der Waals surface area contributed by atoms with E-state index >= 15 is 0 Å². The zero-order valence-electron chi connectivity index (χ0n) is 10.5. The van der Waals surface area contributed by atoms with Crippen LogP contribution in [-0.2, 0) is 17.9 Å². The monoisotopic (exact) mass is 227 g/mol. The Labute approximate surface area is 96.4 Å². The van der Waals surface area contributed by atoms with E-state index in [-0.39, 0.29) is 12.7 Å². The fraction of sp³-hybridized carbons (Fsp3) is 0.818.